The topological polar surface area (TPSA) is 54.5 Å². The maximum absolute atomic E-state index is 12.0. The molecule has 0 unspecified atom stereocenters. The van der Waals surface area contributed by atoms with E-state index in [-0.39, 0.29) is 5.91 Å². The molecule has 0 aliphatic carbocycles. The summed E-state index contributed by atoms with van der Waals surface area (Å²) in [6.07, 6.45) is 2.05. The van der Waals surface area contributed by atoms with Crippen LogP contribution in [0.15, 0.2) is 30.7 Å². The number of carbonyl (C=O) groups excluding carboxylic acids is 1. The number of amides is 1. The summed E-state index contributed by atoms with van der Waals surface area (Å²) >= 11 is 0. The molecule has 1 heterocycles. The van der Waals surface area contributed by atoms with Gasteiger partial charge in [0.25, 0.3) is 0 Å². The fraction of sp³-hybridized carbons (Fsp3) is 0.385. The molecule has 0 aliphatic rings. The maximum atomic E-state index is 12.0. The molecule has 18 heavy (non-hydrogen) atoms. The third-order valence-corrected chi connectivity index (χ3v) is 2.40. The third kappa shape index (κ3) is 3.56. The molecular formula is C13H19N3O2. The predicted molar refractivity (Wildman–Crippen MR) is 70.9 cm³/mol. The lowest BCUT2D eigenvalue weighted by atomic mass is 10.3. The Bertz CT molecular complexity index is 415. The van der Waals surface area contributed by atoms with Crippen LogP contribution in [-0.4, -0.2) is 24.7 Å². The first-order valence-electron chi connectivity index (χ1n) is 5.77. The number of nitrogens with zero attached hydrogens (tertiary/aromatic N) is 2. The minimum absolute atomic E-state index is 0.0470. The van der Waals surface area contributed by atoms with Crippen LogP contribution in [0, 0.1) is 6.92 Å². The third-order valence-electron chi connectivity index (χ3n) is 2.40. The summed E-state index contributed by atoms with van der Waals surface area (Å²) in [4.78, 5) is 17.6. The molecule has 1 amide bonds. The van der Waals surface area contributed by atoms with E-state index in [1.807, 2.05) is 19.1 Å². The highest BCUT2D eigenvalue weighted by Gasteiger charge is 2.17. The number of nitrogens with one attached hydrogen (secondary N) is 1. The van der Waals surface area contributed by atoms with Crippen molar-refractivity contribution in [3.63, 3.8) is 0 Å². The van der Waals surface area contributed by atoms with Crippen molar-refractivity contribution < 1.29 is 9.53 Å². The second kappa shape index (κ2) is 6.76. The van der Waals surface area contributed by atoms with Gasteiger partial charge in [0.05, 0.1) is 11.9 Å². The second-order valence-electron chi connectivity index (χ2n) is 3.80. The fourth-order valence-electron chi connectivity index (χ4n) is 1.44. The summed E-state index contributed by atoms with van der Waals surface area (Å²) in [5, 5.41) is 2.92. The summed E-state index contributed by atoms with van der Waals surface area (Å²) in [5.41, 5.74) is 1.60. The minimum atomic E-state index is -0.0470. The van der Waals surface area contributed by atoms with Crippen molar-refractivity contribution in [1.82, 2.24) is 10.3 Å². The fourth-order valence-corrected chi connectivity index (χ4v) is 1.44. The van der Waals surface area contributed by atoms with Crippen LogP contribution in [0.3, 0.4) is 0 Å². The molecule has 0 saturated heterocycles. The van der Waals surface area contributed by atoms with Crippen LogP contribution in [0.1, 0.15) is 19.0 Å². The Morgan fingerprint density at radius 3 is 2.78 bits per heavy atom. The molecule has 0 bridgehead atoms. The number of aryl methyl sites for hydroxylation is 1. The van der Waals surface area contributed by atoms with E-state index in [4.69, 9.17) is 4.74 Å². The van der Waals surface area contributed by atoms with Gasteiger partial charge in [0.2, 0.25) is 5.91 Å². The summed E-state index contributed by atoms with van der Waals surface area (Å²) in [5.74, 6) is 0.434. The van der Waals surface area contributed by atoms with E-state index in [2.05, 4.69) is 16.9 Å². The largest absolute Gasteiger partial charge is 0.365 e. The number of pyridine rings is 1. The Morgan fingerprint density at radius 2 is 2.28 bits per heavy atom. The average molecular weight is 249 g/mol. The maximum Gasteiger partial charge on any atom is 0.232 e. The standard InChI is InChI=1S/C13H19N3O2/c1-5-13(17)16(11(3)15-9-18-4)12-7-6-10(2)14-8-12/h6-8,15H,3,5,9H2,1-2,4H3. The van der Waals surface area contributed by atoms with Gasteiger partial charge in [-0.1, -0.05) is 13.5 Å². The molecule has 1 aromatic rings. The number of hydrogen-bond donors (Lipinski definition) is 1. The molecule has 0 fully saturated rings. The molecule has 1 rings (SSSR count). The Balaban J connectivity index is 2.94. The highest BCUT2D eigenvalue weighted by molar-refractivity contribution is 5.95. The quantitative estimate of drug-likeness (QED) is 0.781. The van der Waals surface area contributed by atoms with Crippen molar-refractivity contribution in [3.05, 3.63) is 36.4 Å². The predicted octanol–water partition coefficient (Wildman–Crippen LogP) is 1.80. The van der Waals surface area contributed by atoms with Crippen LogP contribution in [0.4, 0.5) is 5.69 Å². The van der Waals surface area contributed by atoms with Crippen molar-refractivity contribution in [2.24, 2.45) is 0 Å². The Hall–Kier alpha value is -1.88. The van der Waals surface area contributed by atoms with Gasteiger partial charge in [-0.05, 0) is 19.1 Å². The number of methoxy groups -OCH3 is 1. The molecule has 1 N–H and O–H groups in total. The van der Waals surface area contributed by atoms with Gasteiger partial charge in [0.1, 0.15) is 12.6 Å². The van der Waals surface area contributed by atoms with E-state index in [0.29, 0.717) is 24.7 Å². The Morgan fingerprint density at radius 1 is 1.56 bits per heavy atom. The van der Waals surface area contributed by atoms with Crippen molar-refractivity contribution in [2.75, 3.05) is 18.7 Å². The molecule has 98 valence electrons. The van der Waals surface area contributed by atoms with Gasteiger partial charge in [-0.2, -0.15) is 0 Å². The van der Waals surface area contributed by atoms with Crippen LogP contribution < -0.4 is 10.2 Å². The SMILES string of the molecule is C=C(NCOC)N(C(=O)CC)c1ccc(C)nc1. The van der Waals surface area contributed by atoms with Crippen LogP contribution in [-0.2, 0) is 9.53 Å². The minimum Gasteiger partial charge on any atom is -0.365 e. The molecule has 0 spiro atoms. The molecule has 5 heteroatoms. The zero-order chi connectivity index (χ0) is 13.5. The highest BCUT2D eigenvalue weighted by atomic mass is 16.5. The van der Waals surface area contributed by atoms with Crippen molar-refractivity contribution in [1.29, 1.82) is 0 Å². The van der Waals surface area contributed by atoms with E-state index in [9.17, 15) is 4.79 Å². The van der Waals surface area contributed by atoms with Crippen LogP contribution in [0.25, 0.3) is 0 Å². The van der Waals surface area contributed by atoms with E-state index in [1.54, 1.807) is 20.2 Å². The normalized spacial score (nSPS) is 9.94. The van der Waals surface area contributed by atoms with E-state index >= 15 is 0 Å². The van der Waals surface area contributed by atoms with E-state index in [1.165, 1.54) is 4.90 Å². The van der Waals surface area contributed by atoms with Crippen LogP contribution >= 0.6 is 0 Å². The zero-order valence-corrected chi connectivity index (χ0v) is 11.1. The molecule has 0 saturated carbocycles. The van der Waals surface area contributed by atoms with E-state index in [0.717, 1.165) is 5.69 Å². The molecule has 0 aromatic carbocycles. The first kappa shape index (κ1) is 14.2. The molecule has 1 aromatic heterocycles. The highest BCUT2D eigenvalue weighted by Crippen LogP contribution is 2.17. The van der Waals surface area contributed by atoms with Gasteiger partial charge in [0.15, 0.2) is 0 Å². The average Bonchev–Trinajstić information content (AvgIpc) is 2.38. The lowest BCUT2D eigenvalue weighted by molar-refractivity contribution is -0.117. The number of carbonyl (C=O) groups is 1. The number of rotatable bonds is 6. The van der Waals surface area contributed by atoms with Gasteiger partial charge in [-0.25, -0.2) is 0 Å². The molecular weight excluding hydrogens is 230 g/mol. The lowest BCUT2D eigenvalue weighted by Crippen LogP contribution is -2.36. The van der Waals surface area contributed by atoms with Crippen molar-refractivity contribution in [2.45, 2.75) is 20.3 Å². The van der Waals surface area contributed by atoms with E-state index < -0.39 is 0 Å². The summed E-state index contributed by atoms with van der Waals surface area (Å²) < 4.78 is 4.91. The molecule has 0 aliphatic heterocycles. The monoisotopic (exact) mass is 249 g/mol. The number of anilines is 1. The Labute approximate surface area is 107 Å². The first-order chi connectivity index (χ1) is 8.60. The molecule has 0 radical (unpaired) electrons. The van der Waals surface area contributed by atoms with Crippen molar-refractivity contribution >= 4 is 11.6 Å². The Kier molecular flexibility index (Phi) is 5.32. The van der Waals surface area contributed by atoms with Gasteiger partial charge in [-0.15, -0.1) is 0 Å². The lowest BCUT2D eigenvalue weighted by Gasteiger charge is -2.24. The summed E-state index contributed by atoms with van der Waals surface area (Å²) in [7, 11) is 1.57. The number of ether oxygens (including phenoxy) is 1. The van der Waals surface area contributed by atoms with Crippen LogP contribution in [0.5, 0.6) is 0 Å². The number of aromatic nitrogens is 1. The summed E-state index contributed by atoms with van der Waals surface area (Å²) in [6.45, 7) is 7.85. The first-order valence-corrected chi connectivity index (χ1v) is 5.77. The van der Waals surface area contributed by atoms with Gasteiger partial charge in [0, 0.05) is 19.2 Å². The van der Waals surface area contributed by atoms with Gasteiger partial charge in [-0.3, -0.25) is 14.7 Å². The zero-order valence-electron chi connectivity index (χ0n) is 11.1. The molecule has 0 atom stereocenters. The van der Waals surface area contributed by atoms with Crippen molar-refractivity contribution in [3.8, 4) is 0 Å². The number of hydrogen-bond acceptors (Lipinski definition) is 4. The van der Waals surface area contributed by atoms with Crippen LogP contribution in [0.2, 0.25) is 0 Å². The smallest absolute Gasteiger partial charge is 0.232 e. The summed E-state index contributed by atoms with van der Waals surface area (Å²) in [6, 6.07) is 3.70. The van der Waals surface area contributed by atoms with Gasteiger partial charge >= 0.3 is 0 Å². The molecule has 5 nitrogen and oxygen atoms in total. The van der Waals surface area contributed by atoms with Gasteiger partial charge < -0.3 is 10.1 Å². The second-order valence-corrected chi connectivity index (χ2v) is 3.80.